The lowest BCUT2D eigenvalue weighted by molar-refractivity contribution is -0.132. The van der Waals surface area contributed by atoms with E-state index in [0.717, 1.165) is 11.3 Å². The SMILES string of the molecule is CC(N)CCC(=O)N(C)C(C)c1ccc(-n2cncn2)cc1.Cl. The van der Waals surface area contributed by atoms with Crippen molar-refractivity contribution in [2.24, 2.45) is 5.73 Å². The Balaban J connectivity index is 0.00000264. The van der Waals surface area contributed by atoms with E-state index in [9.17, 15) is 4.79 Å². The Morgan fingerprint density at radius 3 is 2.48 bits per heavy atom. The van der Waals surface area contributed by atoms with Gasteiger partial charge in [0.15, 0.2) is 0 Å². The molecule has 0 radical (unpaired) electrons. The molecule has 1 amide bonds. The second-order valence-corrected chi connectivity index (χ2v) is 5.63. The van der Waals surface area contributed by atoms with Crippen LogP contribution in [0.2, 0.25) is 0 Å². The van der Waals surface area contributed by atoms with Crippen molar-refractivity contribution < 1.29 is 4.79 Å². The third-order valence-electron chi connectivity index (χ3n) is 3.85. The summed E-state index contributed by atoms with van der Waals surface area (Å²) in [5, 5.41) is 4.09. The van der Waals surface area contributed by atoms with E-state index in [4.69, 9.17) is 5.73 Å². The largest absolute Gasteiger partial charge is 0.339 e. The predicted molar refractivity (Wildman–Crippen MR) is 92.7 cm³/mol. The topological polar surface area (TPSA) is 77.0 Å². The second-order valence-electron chi connectivity index (χ2n) is 5.63. The van der Waals surface area contributed by atoms with E-state index in [0.29, 0.717) is 12.8 Å². The van der Waals surface area contributed by atoms with Gasteiger partial charge in [0.25, 0.3) is 0 Å². The molecule has 0 aliphatic heterocycles. The lowest BCUT2D eigenvalue weighted by Gasteiger charge is -2.26. The van der Waals surface area contributed by atoms with Gasteiger partial charge in [0.2, 0.25) is 5.91 Å². The van der Waals surface area contributed by atoms with Gasteiger partial charge in [0, 0.05) is 19.5 Å². The van der Waals surface area contributed by atoms with E-state index >= 15 is 0 Å². The summed E-state index contributed by atoms with van der Waals surface area (Å²) in [4.78, 5) is 17.9. The molecule has 7 heteroatoms. The van der Waals surface area contributed by atoms with Gasteiger partial charge in [-0.3, -0.25) is 4.79 Å². The van der Waals surface area contributed by atoms with Gasteiger partial charge in [-0.05, 0) is 38.0 Å². The Hall–Kier alpha value is -1.92. The zero-order valence-corrected chi connectivity index (χ0v) is 14.5. The molecule has 6 nitrogen and oxygen atoms in total. The van der Waals surface area contributed by atoms with Gasteiger partial charge in [0.05, 0.1) is 11.7 Å². The number of carbonyl (C=O) groups is 1. The van der Waals surface area contributed by atoms with Crippen LogP contribution in [0.5, 0.6) is 0 Å². The lowest BCUT2D eigenvalue weighted by atomic mass is 10.1. The smallest absolute Gasteiger partial charge is 0.222 e. The summed E-state index contributed by atoms with van der Waals surface area (Å²) in [6.45, 7) is 3.94. The third-order valence-corrected chi connectivity index (χ3v) is 3.85. The average molecular weight is 338 g/mol. The molecular formula is C16H24ClN5O. The summed E-state index contributed by atoms with van der Waals surface area (Å²) < 4.78 is 1.70. The van der Waals surface area contributed by atoms with E-state index in [1.165, 1.54) is 6.33 Å². The zero-order chi connectivity index (χ0) is 16.1. The molecule has 0 aliphatic rings. The molecule has 0 saturated heterocycles. The van der Waals surface area contributed by atoms with Crippen LogP contribution in [0.4, 0.5) is 0 Å². The standard InChI is InChI=1S/C16H23N5O.ClH/c1-12(17)4-9-16(22)20(3)13(2)14-5-7-15(8-6-14)21-11-18-10-19-21;/h5-8,10-13H,4,9,17H2,1-3H3;1H. The molecule has 2 unspecified atom stereocenters. The van der Waals surface area contributed by atoms with Crippen LogP contribution in [0.1, 0.15) is 38.3 Å². The van der Waals surface area contributed by atoms with Gasteiger partial charge in [-0.25, -0.2) is 9.67 Å². The number of hydrogen-bond acceptors (Lipinski definition) is 4. The summed E-state index contributed by atoms with van der Waals surface area (Å²) in [5.74, 6) is 0.116. The minimum Gasteiger partial charge on any atom is -0.339 e. The molecule has 1 heterocycles. The third kappa shape index (κ3) is 5.04. The van der Waals surface area contributed by atoms with Crippen molar-refractivity contribution in [1.29, 1.82) is 0 Å². The van der Waals surface area contributed by atoms with Crippen molar-refractivity contribution >= 4 is 18.3 Å². The molecule has 2 rings (SSSR count). The molecule has 2 atom stereocenters. The Kier molecular flexibility index (Phi) is 7.19. The van der Waals surface area contributed by atoms with Crippen LogP contribution in [-0.2, 0) is 4.79 Å². The van der Waals surface area contributed by atoms with Crippen LogP contribution in [0.15, 0.2) is 36.9 Å². The molecule has 126 valence electrons. The van der Waals surface area contributed by atoms with E-state index in [2.05, 4.69) is 10.1 Å². The fourth-order valence-electron chi connectivity index (χ4n) is 2.21. The Morgan fingerprint density at radius 1 is 1.30 bits per heavy atom. The molecule has 0 bridgehead atoms. The van der Waals surface area contributed by atoms with Gasteiger partial charge >= 0.3 is 0 Å². The van der Waals surface area contributed by atoms with Gasteiger partial charge in [-0.2, -0.15) is 5.10 Å². The molecule has 2 aromatic rings. The van der Waals surface area contributed by atoms with Crippen molar-refractivity contribution in [3.05, 3.63) is 42.5 Å². The van der Waals surface area contributed by atoms with Crippen LogP contribution in [0.3, 0.4) is 0 Å². The Labute approximate surface area is 143 Å². The molecule has 23 heavy (non-hydrogen) atoms. The fourth-order valence-corrected chi connectivity index (χ4v) is 2.21. The number of amides is 1. The van der Waals surface area contributed by atoms with Gasteiger partial charge in [-0.15, -0.1) is 12.4 Å². The van der Waals surface area contributed by atoms with Gasteiger partial charge in [-0.1, -0.05) is 12.1 Å². The minimum absolute atomic E-state index is 0. The van der Waals surface area contributed by atoms with Crippen molar-refractivity contribution in [2.75, 3.05) is 7.05 Å². The molecule has 0 saturated carbocycles. The summed E-state index contributed by atoms with van der Waals surface area (Å²) >= 11 is 0. The number of rotatable bonds is 6. The molecular weight excluding hydrogens is 314 g/mol. The number of carbonyl (C=O) groups excluding carboxylic acids is 1. The first kappa shape index (κ1) is 19.1. The van der Waals surface area contributed by atoms with Crippen molar-refractivity contribution in [1.82, 2.24) is 19.7 Å². The van der Waals surface area contributed by atoms with E-state index in [-0.39, 0.29) is 30.4 Å². The summed E-state index contributed by atoms with van der Waals surface area (Å²) in [6.07, 6.45) is 4.35. The predicted octanol–water partition coefficient (Wildman–Crippen LogP) is 2.34. The highest BCUT2D eigenvalue weighted by Crippen LogP contribution is 2.21. The fraction of sp³-hybridized carbons (Fsp3) is 0.438. The maximum absolute atomic E-state index is 12.2. The number of nitrogens with zero attached hydrogens (tertiary/aromatic N) is 4. The van der Waals surface area contributed by atoms with Crippen LogP contribution >= 0.6 is 12.4 Å². The summed E-state index contributed by atoms with van der Waals surface area (Å²) in [7, 11) is 1.83. The first-order valence-corrected chi connectivity index (χ1v) is 7.45. The minimum atomic E-state index is 0. The first-order chi connectivity index (χ1) is 10.5. The molecule has 0 spiro atoms. The van der Waals surface area contributed by atoms with Crippen LogP contribution < -0.4 is 5.73 Å². The van der Waals surface area contributed by atoms with Crippen LogP contribution in [0.25, 0.3) is 5.69 Å². The monoisotopic (exact) mass is 337 g/mol. The summed E-state index contributed by atoms with van der Waals surface area (Å²) in [6, 6.07) is 8.04. The number of nitrogens with two attached hydrogens (primary N) is 1. The highest BCUT2D eigenvalue weighted by atomic mass is 35.5. The average Bonchev–Trinajstić information content (AvgIpc) is 3.05. The molecule has 0 fully saturated rings. The maximum Gasteiger partial charge on any atom is 0.222 e. The molecule has 1 aromatic heterocycles. The Bertz CT molecular complexity index is 597. The van der Waals surface area contributed by atoms with Gasteiger partial charge in [0.1, 0.15) is 12.7 Å². The van der Waals surface area contributed by atoms with Crippen LogP contribution in [0, 0.1) is 0 Å². The van der Waals surface area contributed by atoms with E-state index in [1.54, 1.807) is 15.9 Å². The number of aromatic nitrogens is 3. The summed E-state index contributed by atoms with van der Waals surface area (Å²) in [5.41, 5.74) is 7.73. The van der Waals surface area contributed by atoms with E-state index in [1.807, 2.05) is 45.2 Å². The molecule has 0 aliphatic carbocycles. The quantitative estimate of drug-likeness (QED) is 0.877. The normalized spacial score (nSPS) is 13.0. The highest BCUT2D eigenvalue weighted by molar-refractivity contribution is 5.85. The Morgan fingerprint density at radius 2 is 1.96 bits per heavy atom. The number of halogens is 1. The second kappa shape index (κ2) is 8.64. The molecule has 1 aromatic carbocycles. The van der Waals surface area contributed by atoms with Crippen LogP contribution in [-0.4, -0.2) is 38.7 Å². The first-order valence-electron chi connectivity index (χ1n) is 7.45. The zero-order valence-electron chi connectivity index (χ0n) is 13.7. The number of benzene rings is 1. The van der Waals surface area contributed by atoms with Gasteiger partial charge < -0.3 is 10.6 Å². The van der Waals surface area contributed by atoms with Crippen molar-refractivity contribution in [3.63, 3.8) is 0 Å². The van der Waals surface area contributed by atoms with Crippen molar-refractivity contribution in [3.8, 4) is 5.69 Å². The van der Waals surface area contributed by atoms with Crippen molar-refractivity contribution in [2.45, 2.75) is 38.8 Å². The van der Waals surface area contributed by atoms with E-state index < -0.39 is 0 Å². The number of hydrogen-bond donors (Lipinski definition) is 1. The lowest BCUT2D eigenvalue weighted by Crippen LogP contribution is -2.30. The highest BCUT2D eigenvalue weighted by Gasteiger charge is 2.17. The maximum atomic E-state index is 12.2. The molecule has 2 N–H and O–H groups in total.